The van der Waals surface area contributed by atoms with Crippen molar-refractivity contribution >= 4 is 32.8 Å². The van der Waals surface area contributed by atoms with Crippen molar-refractivity contribution in [1.29, 1.82) is 0 Å². The molecule has 3 heterocycles. The molecule has 0 fully saturated rings. The maximum atomic E-state index is 5.02. The minimum absolute atomic E-state index is 0.357. The van der Waals surface area contributed by atoms with E-state index in [2.05, 4.69) is 74.1 Å². The first-order valence-electron chi connectivity index (χ1n) is 13.3. The Morgan fingerprint density at radius 2 is 1.57 bits per heavy atom. The summed E-state index contributed by atoms with van der Waals surface area (Å²) in [5.41, 5.74) is 11.1. The Kier molecular flexibility index (Phi) is 4.93. The van der Waals surface area contributed by atoms with Crippen LogP contribution < -0.4 is 0 Å². The molecule has 0 aliphatic heterocycles. The number of aromatic nitrogens is 6. The summed E-state index contributed by atoms with van der Waals surface area (Å²) in [6.07, 6.45) is 6.59. The highest BCUT2D eigenvalue weighted by Gasteiger charge is 2.22. The molecule has 0 spiro atoms. The van der Waals surface area contributed by atoms with E-state index in [1.54, 1.807) is 12.4 Å². The van der Waals surface area contributed by atoms with Crippen molar-refractivity contribution in [2.24, 2.45) is 0 Å². The maximum Gasteiger partial charge on any atom is 0.115 e. The molecule has 1 atom stereocenters. The number of hydrogen-bond acceptors (Lipinski definition) is 4. The van der Waals surface area contributed by atoms with E-state index in [1.165, 1.54) is 27.9 Å². The number of H-pyrrole nitrogens is 2. The number of fused-ring (bicyclic) bond motifs is 9. The van der Waals surface area contributed by atoms with Gasteiger partial charge in [0.1, 0.15) is 17.2 Å². The van der Waals surface area contributed by atoms with E-state index in [1.807, 2.05) is 0 Å². The lowest BCUT2D eigenvalue weighted by molar-refractivity contribution is 0.692. The first-order valence-corrected chi connectivity index (χ1v) is 13.3. The predicted molar refractivity (Wildman–Crippen MR) is 150 cm³/mol. The summed E-state index contributed by atoms with van der Waals surface area (Å²) in [5, 5.41) is 2.20. The molecule has 0 bridgehead atoms. The second kappa shape index (κ2) is 8.23. The number of aromatic amines is 2. The molecular weight excluding hydrogens is 456 g/mol. The zero-order valence-corrected chi connectivity index (χ0v) is 21.7. The van der Waals surface area contributed by atoms with E-state index in [0.717, 1.165) is 69.4 Å². The summed E-state index contributed by atoms with van der Waals surface area (Å²) in [7, 11) is 0. The van der Waals surface area contributed by atoms with Gasteiger partial charge in [-0.25, -0.2) is 9.97 Å². The molecule has 1 aliphatic carbocycles. The second-order valence-corrected chi connectivity index (χ2v) is 10.6. The van der Waals surface area contributed by atoms with Crippen LogP contribution in [0.3, 0.4) is 0 Å². The number of nitrogens with one attached hydrogen (secondary N) is 2. The van der Waals surface area contributed by atoms with Crippen molar-refractivity contribution in [3.63, 3.8) is 0 Å². The number of rotatable bonds is 4. The second-order valence-electron chi connectivity index (χ2n) is 10.6. The van der Waals surface area contributed by atoms with Gasteiger partial charge in [-0.2, -0.15) is 0 Å². The molecular formula is C31H30N6. The van der Waals surface area contributed by atoms with Gasteiger partial charge in [-0.1, -0.05) is 58.0 Å². The molecule has 6 nitrogen and oxygen atoms in total. The molecule has 6 aromatic rings. The highest BCUT2D eigenvalue weighted by atomic mass is 15.0. The Hall–Kier alpha value is -4.06. The van der Waals surface area contributed by atoms with Gasteiger partial charge in [-0.15, -0.1) is 0 Å². The molecule has 0 saturated heterocycles. The smallest absolute Gasteiger partial charge is 0.115 e. The molecule has 0 amide bonds. The first-order chi connectivity index (χ1) is 18.0. The average Bonchev–Trinajstić information content (AvgIpc) is 3.58. The lowest BCUT2D eigenvalue weighted by atomic mass is 9.89. The molecule has 0 radical (unpaired) electrons. The number of benzene rings is 3. The molecule has 3 aromatic carbocycles. The van der Waals surface area contributed by atoms with Crippen LogP contribution in [0.15, 0.2) is 48.8 Å². The summed E-state index contributed by atoms with van der Waals surface area (Å²) in [4.78, 5) is 26.5. The largest absolute Gasteiger partial charge is 0.345 e. The van der Waals surface area contributed by atoms with Gasteiger partial charge in [0.05, 0.1) is 22.2 Å². The zero-order chi connectivity index (χ0) is 25.3. The predicted octanol–water partition coefficient (Wildman–Crippen LogP) is 7.45. The normalized spacial score (nSPS) is 14.0. The van der Waals surface area contributed by atoms with Crippen molar-refractivity contribution < 1.29 is 0 Å². The van der Waals surface area contributed by atoms with Crippen LogP contribution in [0.5, 0.6) is 0 Å². The molecule has 37 heavy (non-hydrogen) atoms. The SMILES string of the molecule is CCC(C)c1nc2c3ccc(-c4ccc5c(c4)CCc4[nH]c(C(C)C)nc4-5)cc3c3nccnc3c2[nH]1. The Morgan fingerprint density at radius 1 is 0.784 bits per heavy atom. The monoisotopic (exact) mass is 486 g/mol. The van der Waals surface area contributed by atoms with Gasteiger partial charge in [0, 0.05) is 46.3 Å². The van der Waals surface area contributed by atoms with E-state index in [4.69, 9.17) is 19.9 Å². The fourth-order valence-corrected chi connectivity index (χ4v) is 5.61. The van der Waals surface area contributed by atoms with E-state index in [0.29, 0.717) is 11.8 Å². The molecule has 1 unspecified atom stereocenters. The molecule has 6 heteroatoms. The van der Waals surface area contributed by atoms with Crippen LogP contribution in [0, 0.1) is 0 Å². The quantitative estimate of drug-likeness (QED) is 0.253. The third-order valence-corrected chi connectivity index (χ3v) is 7.95. The first kappa shape index (κ1) is 22.2. The van der Waals surface area contributed by atoms with Crippen LogP contribution in [-0.2, 0) is 12.8 Å². The van der Waals surface area contributed by atoms with Crippen molar-refractivity contribution in [3.8, 4) is 22.4 Å². The van der Waals surface area contributed by atoms with Crippen molar-refractivity contribution in [1.82, 2.24) is 29.9 Å². The van der Waals surface area contributed by atoms with E-state index >= 15 is 0 Å². The third-order valence-electron chi connectivity index (χ3n) is 7.95. The van der Waals surface area contributed by atoms with Gasteiger partial charge in [-0.3, -0.25) is 9.97 Å². The fourth-order valence-electron chi connectivity index (χ4n) is 5.61. The Bertz CT molecular complexity index is 1820. The van der Waals surface area contributed by atoms with Crippen LogP contribution in [0.4, 0.5) is 0 Å². The summed E-state index contributed by atoms with van der Waals surface area (Å²) < 4.78 is 0. The fraction of sp³-hybridized carbons (Fsp3) is 0.290. The minimum Gasteiger partial charge on any atom is -0.345 e. The number of imidazole rings is 2. The lowest BCUT2D eigenvalue weighted by Crippen LogP contribution is -2.03. The van der Waals surface area contributed by atoms with Gasteiger partial charge in [0.15, 0.2) is 0 Å². The summed E-state index contributed by atoms with van der Waals surface area (Å²) >= 11 is 0. The zero-order valence-electron chi connectivity index (χ0n) is 21.7. The highest BCUT2D eigenvalue weighted by molar-refractivity contribution is 6.21. The molecule has 3 aromatic heterocycles. The molecule has 1 aliphatic rings. The molecule has 2 N–H and O–H groups in total. The molecule has 0 saturated carbocycles. The standard InChI is InChI=1S/C31H30N6/c1-5-17(4)31-36-27-22-10-7-19(15-23(22)26-28(29(27)37-31)33-13-12-32-26)18-6-9-21-20(14-18)8-11-24-25(21)35-30(34-24)16(2)3/h6-7,9-10,12-17H,5,8,11H2,1-4H3,(H,34,35)(H,36,37). The third kappa shape index (κ3) is 3.39. The minimum atomic E-state index is 0.357. The lowest BCUT2D eigenvalue weighted by Gasteiger charge is -2.17. The van der Waals surface area contributed by atoms with E-state index in [-0.39, 0.29) is 0 Å². The number of hydrogen-bond donors (Lipinski definition) is 2. The Balaban J connectivity index is 1.39. The van der Waals surface area contributed by atoms with E-state index in [9.17, 15) is 0 Å². The number of aryl methyl sites for hydroxylation is 2. The summed E-state index contributed by atoms with van der Waals surface area (Å²) in [6.45, 7) is 8.76. The molecule has 7 rings (SSSR count). The number of nitrogens with zero attached hydrogens (tertiary/aromatic N) is 4. The maximum absolute atomic E-state index is 5.02. The Labute approximate surface area is 215 Å². The van der Waals surface area contributed by atoms with Gasteiger partial charge >= 0.3 is 0 Å². The van der Waals surface area contributed by atoms with Crippen LogP contribution in [0.25, 0.3) is 55.2 Å². The van der Waals surface area contributed by atoms with Crippen molar-refractivity contribution in [3.05, 3.63) is 71.7 Å². The average molecular weight is 487 g/mol. The topological polar surface area (TPSA) is 83.1 Å². The highest BCUT2D eigenvalue weighted by Crippen LogP contribution is 2.38. The Morgan fingerprint density at radius 3 is 2.38 bits per heavy atom. The van der Waals surface area contributed by atoms with Gasteiger partial charge in [0.25, 0.3) is 0 Å². The van der Waals surface area contributed by atoms with Crippen LogP contribution in [0.1, 0.15) is 68.9 Å². The van der Waals surface area contributed by atoms with Crippen LogP contribution in [0.2, 0.25) is 0 Å². The summed E-state index contributed by atoms with van der Waals surface area (Å²) in [6, 6.07) is 13.5. The van der Waals surface area contributed by atoms with Crippen molar-refractivity contribution in [2.45, 2.75) is 58.8 Å². The van der Waals surface area contributed by atoms with Crippen molar-refractivity contribution in [2.75, 3.05) is 0 Å². The molecule has 184 valence electrons. The van der Waals surface area contributed by atoms with Gasteiger partial charge < -0.3 is 9.97 Å². The van der Waals surface area contributed by atoms with Crippen LogP contribution in [-0.4, -0.2) is 29.9 Å². The van der Waals surface area contributed by atoms with E-state index < -0.39 is 0 Å². The summed E-state index contributed by atoms with van der Waals surface area (Å²) in [5.74, 6) is 2.83. The van der Waals surface area contributed by atoms with Crippen LogP contribution >= 0.6 is 0 Å². The van der Waals surface area contributed by atoms with Gasteiger partial charge in [0.2, 0.25) is 0 Å². The van der Waals surface area contributed by atoms with Gasteiger partial charge in [-0.05, 0) is 42.0 Å².